The molecule has 1 aromatic rings. The van der Waals surface area contributed by atoms with Crippen LogP contribution in [-0.4, -0.2) is 35.8 Å². The van der Waals surface area contributed by atoms with E-state index in [9.17, 15) is 9.59 Å². The Hall–Kier alpha value is -1.78. The number of carbonyl (C=O) groups is 2. The molecule has 0 bridgehead atoms. The largest absolute Gasteiger partial charge is 0.466 e. The summed E-state index contributed by atoms with van der Waals surface area (Å²) in [6.45, 7) is 12.8. The maximum absolute atomic E-state index is 12.8. The molecule has 0 unspecified atom stereocenters. The van der Waals surface area contributed by atoms with E-state index in [1.54, 1.807) is 17.9 Å². The molecule has 5 heteroatoms. The number of hydrogen-bond acceptors (Lipinski definition) is 3. The first-order valence-electron chi connectivity index (χ1n) is 8.36. The summed E-state index contributed by atoms with van der Waals surface area (Å²) in [5, 5.41) is 2.86. The zero-order valence-electron chi connectivity index (χ0n) is 15.2. The molecule has 1 heterocycles. The van der Waals surface area contributed by atoms with Crippen LogP contribution >= 0.6 is 0 Å². The van der Waals surface area contributed by atoms with Crippen molar-refractivity contribution in [3.63, 3.8) is 0 Å². The minimum absolute atomic E-state index is 0.0255. The number of hydrogen-bond donors (Lipinski definition) is 1. The fourth-order valence-corrected chi connectivity index (χ4v) is 2.37. The molecule has 0 aliphatic carbocycles. The lowest BCUT2D eigenvalue weighted by Crippen LogP contribution is -2.38. The summed E-state index contributed by atoms with van der Waals surface area (Å²) in [6.07, 6.45) is 1.23. The lowest BCUT2D eigenvalue weighted by atomic mass is 10.1. The van der Waals surface area contributed by atoms with Crippen molar-refractivity contribution >= 4 is 11.8 Å². The highest BCUT2D eigenvalue weighted by Crippen LogP contribution is 2.17. The van der Waals surface area contributed by atoms with Crippen LogP contribution in [0.5, 0.6) is 0 Å². The average Bonchev–Trinajstić information content (AvgIpc) is 2.76. The Kier molecular flexibility index (Phi) is 7.33. The van der Waals surface area contributed by atoms with Crippen molar-refractivity contribution < 1.29 is 14.0 Å². The summed E-state index contributed by atoms with van der Waals surface area (Å²) in [5.74, 6) is 1.78. The normalized spacial score (nSPS) is 11.1. The van der Waals surface area contributed by atoms with Gasteiger partial charge in [-0.3, -0.25) is 9.59 Å². The fourth-order valence-electron chi connectivity index (χ4n) is 2.37. The molecule has 0 aliphatic heterocycles. The third-order valence-electron chi connectivity index (χ3n) is 3.59. The van der Waals surface area contributed by atoms with Gasteiger partial charge in [0.2, 0.25) is 5.91 Å². The van der Waals surface area contributed by atoms with Crippen LogP contribution in [0.15, 0.2) is 10.5 Å². The van der Waals surface area contributed by atoms with Crippen molar-refractivity contribution in [2.75, 3.05) is 13.1 Å². The molecule has 5 nitrogen and oxygen atoms in total. The molecule has 0 fully saturated rings. The number of furan rings is 1. The zero-order valence-corrected chi connectivity index (χ0v) is 15.2. The van der Waals surface area contributed by atoms with Gasteiger partial charge < -0.3 is 14.6 Å². The van der Waals surface area contributed by atoms with Crippen molar-refractivity contribution in [2.24, 2.45) is 5.92 Å². The molecular weight excluding hydrogens is 292 g/mol. The summed E-state index contributed by atoms with van der Waals surface area (Å²) < 4.78 is 5.46. The Morgan fingerprint density at radius 1 is 1.17 bits per heavy atom. The highest BCUT2D eigenvalue weighted by molar-refractivity contribution is 5.95. The van der Waals surface area contributed by atoms with Crippen LogP contribution in [0.1, 0.15) is 62.4 Å². The third kappa shape index (κ3) is 6.47. The Morgan fingerprint density at radius 3 is 2.30 bits per heavy atom. The van der Waals surface area contributed by atoms with E-state index in [1.165, 1.54) is 0 Å². The number of nitrogens with one attached hydrogen (secondary N) is 1. The van der Waals surface area contributed by atoms with Crippen LogP contribution in [-0.2, 0) is 4.79 Å². The Morgan fingerprint density at radius 2 is 1.83 bits per heavy atom. The standard InChI is InChI=1S/C18H30N2O3/c1-12(2)7-9-20(10-8-17(21)19-13(3)4)18(22)16-11-14(5)23-15(16)6/h11-13H,7-10H2,1-6H3,(H,19,21). The van der Waals surface area contributed by atoms with Gasteiger partial charge in [-0.05, 0) is 46.1 Å². The van der Waals surface area contributed by atoms with Gasteiger partial charge in [0.15, 0.2) is 0 Å². The number of amides is 2. The second kappa shape index (κ2) is 8.75. The number of aryl methyl sites for hydroxylation is 2. The first-order valence-corrected chi connectivity index (χ1v) is 8.36. The van der Waals surface area contributed by atoms with E-state index >= 15 is 0 Å². The van der Waals surface area contributed by atoms with Gasteiger partial charge in [-0.1, -0.05) is 13.8 Å². The van der Waals surface area contributed by atoms with Crippen molar-refractivity contribution in [2.45, 2.75) is 60.4 Å². The van der Waals surface area contributed by atoms with Crippen molar-refractivity contribution in [1.82, 2.24) is 10.2 Å². The minimum Gasteiger partial charge on any atom is -0.466 e. The molecule has 0 spiro atoms. The minimum atomic E-state index is -0.0580. The van der Waals surface area contributed by atoms with Crippen LogP contribution in [0.4, 0.5) is 0 Å². The highest BCUT2D eigenvalue weighted by atomic mass is 16.3. The molecule has 0 radical (unpaired) electrons. The van der Waals surface area contributed by atoms with Crippen LogP contribution in [0, 0.1) is 19.8 Å². The number of carbonyl (C=O) groups excluding carboxylic acids is 2. The second-order valence-electron chi connectivity index (χ2n) is 6.77. The SMILES string of the molecule is Cc1cc(C(=O)N(CCC(=O)NC(C)C)CCC(C)C)c(C)o1. The predicted octanol–water partition coefficient (Wildman–Crippen LogP) is 3.30. The molecule has 0 aliphatic rings. The second-order valence-corrected chi connectivity index (χ2v) is 6.77. The van der Waals surface area contributed by atoms with Gasteiger partial charge >= 0.3 is 0 Å². The summed E-state index contributed by atoms with van der Waals surface area (Å²) in [6, 6.07) is 1.88. The molecular formula is C18H30N2O3. The Balaban J connectivity index is 2.77. The maximum Gasteiger partial charge on any atom is 0.257 e. The van der Waals surface area contributed by atoms with E-state index in [4.69, 9.17) is 4.42 Å². The molecule has 1 rings (SSSR count). The van der Waals surface area contributed by atoms with Gasteiger partial charge in [0.1, 0.15) is 11.5 Å². The lowest BCUT2D eigenvalue weighted by molar-refractivity contribution is -0.121. The van der Waals surface area contributed by atoms with Crippen LogP contribution < -0.4 is 5.32 Å². The van der Waals surface area contributed by atoms with Gasteiger partial charge in [-0.15, -0.1) is 0 Å². The summed E-state index contributed by atoms with van der Waals surface area (Å²) >= 11 is 0. The van der Waals surface area contributed by atoms with E-state index in [1.807, 2.05) is 20.8 Å². The molecule has 1 aromatic heterocycles. The van der Waals surface area contributed by atoms with E-state index < -0.39 is 0 Å². The van der Waals surface area contributed by atoms with Crippen molar-refractivity contribution in [3.8, 4) is 0 Å². The monoisotopic (exact) mass is 322 g/mol. The molecule has 1 N–H and O–H groups in total. The van der Waals surface area contributed by atoms with Gasteiger partial charge in [-0.25, -0.2) is 0 Å². The van der Waals surface area contributed by atoms with Crippen LogP contribution in [0.25, 0.3) is 0 Å². The van der Waals surface area contributed by atoms with Gasteiger partial charge in [0.05, 0.1) is 5.56 Å². The molecule has 0 aromatic carbocycles. The van der Waals surface area contributed by atoms with Gasteiger partial charge in [-0.2, -0.15) is 0 Å². The molecule has 0 atom stereocenters. The lowest BCUT2D eigenvalue weighted by Gasteiger charge is -2.23. The Labute approximate surface area is 139 Å². The van der Waals surface area contributed by atoms with E-state index in [0.717, 1.165) is 12.2 Å². The predicted molar refractivity (Wildman–Crippen MR) is 91.4 cm³/mol. The maximum atomic E-state index is 12.8. The Bertz CT molecular complexity index is 532. The quantitative estimate of drug-likeness (QED) is 0.799. The first-order chi connectivity index (χ1) is 10.7. The topological polar surface area (TPSA) is 62.6 Å². The summed E-state index contributed by atoms with van der Waals surface area (Å²) in [4.78, 5) is 26.4. The molecule has 2 amide bonds. The molecule has 23 heavy (non-hydrogen) atoms. The molecule has 0 saturated heterocycles. The third-order valence-corrected chi connectivity index (χ3v) is 3.59. The number of nitrogens with zero attached hydrogens (tertiary/aromatic N) is 1. The smallest absolute Gasteiger partial charge is 0.257 e. The zero-order chi connectivity index (χ0) is 17.6. The van der Waals surface area contributed by atoms with Crippen molar-refractivity contribution in [3.05, 3.63) is 23.2 Å². The molecule has 130 valence electrons. The average molecular weight is 322 g/mol. The first kappa shape index (κ1) is 19.3. The van der Waals surface area contributed by atoms with Crippen LogP contribution in [0.3, 0.4) is 0 Å². The van der Waals surface area contributed by atoms with Gasteiger partial charge in [0.25, 0.3) is 5.91 Å². The number of rotatable bonds is 8. The van der Waals surface area contributed by atoms with Gasteiger partial charge in [0, 0.05) is 25.6 Å². The summed E-state index contributed by atoms with van der Waals surface area (Å²) in [5.41, 5.74) is 0.593. The van der Waals surface area contributed by atoms with Crippen LogP contribution in [0.2, 0.25) is 0 Å². The van der Waals surface area contributed by atoms with E-state index in [0.29, 0.717) is 36.8 Å². The molecule has 0 saturated carbocycles. The fraction of sp³-hybridized carbons (Fsp3) is 0.667. The van der Waals surface area contributed by atoms with E-state index in [2.05, 4.69) is 19.2 Å². The highest BCUT2D eigenvalue weighted by Gasteiger charge is 2.21. The summed E-state index contributed by atoms with van der Waals surface area (Å²) in [7, 11) is 0. The van der Waals surface area contributed by atoms with Crippen molar-refractivity contribution in [1.29, 1.82) is 0 Å². The van der Waals surface area contributed by atoms with E-state index in [-0.39, 0.29) is 17.9 Å².